The van der Waals surface area contributed by atoms with E-state index in [0.29, 0.717) is 11.3 Å². The number of hydrogen-bond acceptors (Lipinski definition) is 4. The summed E-state index contributed by atoms with van der Waals surface area (Å²) in [6.07, 6.45) is 3.74. The highest BCUT2D eigenvalue weighted by atomic mass is 16.5. The van der Waals surface area contributed by atoms with E-state index in [4.69, 9.17) is 9.15 Å². The lowest BCUT2D eigenvalue weighted by atomic mass is 10.0. The molecular weight excluding hydrogens is 364 g/mol. The van der Waals surface area contributed by atoms with Crippen molar-refractivity contribution in [1.82, 2.24) is 4.98 Å². The molecule has 3 aromatic carbocycles. The summed E-state index contributed by atoms with van der Waals surface area (Å²) in [5.74, 6) is 1.28. The van der Waals surface area contributed by atoms with Gasteiger partial charge in [0.2, 0.25) is 0 Å². The van der Waals surface area contributed by atoms with Gasteiger partial charge in [0.15, 0.2) is 12.2 Å². The van der Waals surface area contributed by atoms with Crippen molar-refractivity contribution in [3.63, 3.8) is 0 Å². The van der Waals surface area contributed by atoms with Crippen molar-refractivity contribution in [2.75, 3.05) is 12.4 Å². The number of oxazole rings is 1. The van der Waals surface area contributed by atoms with Crippen LogP contribution in [0.25, 0.3) is 11.3 Å². The van der Waals surface area contributed by atoms with Gasteiger partial charge in [-0.15, -0.1) is 0 Å². The van der Waals surface area contributed by atoms with Crippen LogP contribution in [0, 0.1) is 0 Å². The molecule has 144 valence electrons. The highest BCUT2D eigenvalue weighted by molar-refractivity contribution is 6.04. The van der Waals surface area contributed by atoms with Crippen molar-refractivity contribution in [3.8, 4) is 17.1 Å². The Morgan fingerprint density at radius 2 is 1.83 bits per heavy atom. The minimum absolute atomic E-state index is 0.176. The minimum atomic E-state index is -0.176. The maximum absolute atomic E-state index is 12.7. The number of aromatic nitrogens is 1. The fraction of sp³-hybridized carbons (Fsp3) is 0.0833. The number of amides is 1. The topological polar surface area (TPSA) is 64.4 Å². The number of methoxy groups -OCH3 is 1. The highest BCUT2D eigenvalue weighted by Crippen LogP contribution is 2.26. The first-order valence-electron chi connectivity index (χ1n) is 9.24. The summed E-state index contributed by atoms with van der Waals surface area (Å²) < 4.78 is 10.8. The third kappa shape index (κ3) is 4.35. The lowest BCUT2D eigenvalue weighted by Gasteiger charge is -2.12. The fourth-order valence-electron chi connectivity index (χ4n) is 3.16. The van der Waals surface area contributed by atoms with E-state index in [1.807, 2.05) is 48.5 Å². The van der Waals surface area contributed by atoms with Gasteiger partial charge in [-0.25, -0.2) is 4.98 Å². The van der Waals surface area contributed by atoms with Gasteiger partial charge >= 0.3 is 0 Å². The van der Waals surface area contributed by atoms with Crippen LogP contribution in [0.1, 0.15) is 21.5 Å². The summed E-state index contributed by atoms with van der Waals surface area (Å²) >= 11 is 0. The molecule has 5 heteroatoms. The normalized spacial score (nSPS) is 10.5. The van der Waals surface area contributed by atoms with E-state index in [9.17, 15) is 4.79 Å². The zero-order valence-corrected chi connectivity index (χ0v) is 16.0. The Balaban J connectivity index is 1.51. The Morgan fingerprint density at radius 1 is 1.03 bits per heavy atom. The van der Waals surface area contributed by atoms with Crippen LogP contribution in [0.5, 0.6) is 5.75 Å². The zero-order chi connectivity index (χ0) is 20.1. The van der Waals surface area contributed by atoms with Gasteiger partial charge in [-0.1, -0.05) is 42.5 Å². The van der Waals surface area contributed by atoms with Crippen LogP contribution in [0.3, 0.4) is 0 Å². The zero-order valence-electron chi connectivity index (χ0n) is 16.0. The molecule has 0 spiro atoms. The van der Waals surface area contributed by atoms with Crippen LogP contribution in [0.2, 0.25) is 0 Å². The van der Waals surface area contributed by atoms with E-state index in [1.165, 1.54) is 12.0 Å². The molecule has 0 aliphatic carbocycles. The van der Waals surface area contributed by atoms with E-state index >= 15 is 0 Å². The molecule has 29 heavy (non-hydrogen) atoms. The molecule has 0 saturated heterocycles. The standard InChI is InChI=1S/C24H20N2O3/c1-28-22-12-11-21(14-20(22)13-17-5-3-2-4-6-17)26-24(27)19-9-7-18(8-10-19)23-15-25-16-29-23/h2-12,14-16H,13H2,1H3,(H,26,27). The molecular formula is C24H20N2O3. The molecule has 0 aliphatic rings. The van der Waals surface area contributed by atoms with Crippen molar-refractivity contribution in [2.24, 2.45) is 0 Å². The van der Waals surface area contributed by atoms with E-state index < -0.39 is 0 Å². The van der Waals surface area contributed by atoms with E-state index in [1.54, 1.807) is 25.4 Å². The number of nitrogens with one attached hydrogen (secondary N) is 1. The molecule has 1 amide bonds. The van der Waals surface area contributed by atoms with E-state index in [0.717, 1.165) is 29.0 Å². The van der Waals surface area contributed by atoms with Crippen LogP contribution in [-0.4, -0.2) is 18.0 Å². The van der Waals surface area contributed by atoms with Gasteiger partial charge in [0.05, 0.1) is 13.3 Å². The van der Waals surface area contributed by atoms with Crippen LogP contribution in [0.15, 0.2) is 89.8 Å². The third-order valence-electron chi connectivity index (χ3n) is 4.64. The molecule has 1 heterocycles. The first-order valence-corrected chi connectivity index (χ1v) is 9.24. The molecule has 0 aliphatic heterocycles. The number of nitrogens with zero attached hydrogens (tertiary/aromatic N) is 1. The van der Waals surface area contributed by atoms with Gasteiger partial charge in [0, 0.05) is 28.8 Å². The lowest BCUT2D eigenvalue weighted by Crippen LogP contribution is -2.12. The van der Waals surface area contributed by atoms with Gasteiger partial charge < -0.3 is 14.5 Å². The van der Waals surface area contributed by atoms with Crippen LogP contribution >= 0.6 is 0 Å². The lowest BCUT2D eigenvalue weighted by molar-refractivity contribution is 0.102. The highest BCUT2D eigenvalue weighted by Gasteiger charge is 2.10. The van der Waals surface area contributed by atoms with Crippen LogP contribution in [-0.2, 0) is 6.42 Å². The average molecular weight is 384 g/mol. The summed E-state index contributed by atoms with van der Waals surface area (Å²) in [4.78, 5) is 16.6. The van der Waals surface area contributed by atoms with Crippen LogP contribution in [0.4, 0.5) is 5.69 Å². The number of rotatable bonds is 6. The summed E-state index contributed by atoms with van der Waals surface area (Å²) in [7, 11) is 1.65. The minimum Gasteiger partial charge on any atom is -0.496 e. The number of hydrogen-bond donors (Lipinski definition) is 1. The summed E-state index contributed by atoms with van der Waals surface area (Å²) in [5, 5.41) is 2.96. The molecule has 1 N–H and O–H groups in total. The molecule has 5 nitrogen and oxygen atoms in total. The van der Waals surface area contributed by atoms with Gasteiger partial charge in [-0.3, -0.25) is 4.79 Å². The van der Waals surface area contributed by atoms with Crippen molar-refractivity contribution in [1.29, 1.82) is 0 Å². The van der Waals surface area contributed by atoms with Crippen molar-refractivity contribution >= 4 is 11.6 Å². The SMILES string of the molecule is COc1ccc(NC(=O)c2ccc(-c3cnco3)cc2)cc1Cc1ccccc1. The Bertz CT molecular complexity index is 1090. The molecule has 4 rings (SSSR count). The predicted molar refractivity (Wildman–Crippen MR) is 112 cm³/mol. The van der Waals surface area contributed by atoms with Gasteiger partial charge in [-0.05, 0) is 35.9 Å². The van der Waals surface area contributed by atoms with Gasteiger partial charge in [0.1, 0.15) is 5.75 Å². The second-order valence-corrected chi connectivity index (χ2v) is 6.59. The number of carbonyl (C=O) groups is 1. The Morgan fingerprint density at radius 3 is 2.52 bits per heavy atom. The molecule has 0 saturated carbocycles. The maximum Gasteiger partial charge on any atom is 0.255 e. The summed E-state index contributed by atoms with van der Waals surface area (Å²) in [5.41, 5.74) is 4.35. The molecule has 0 bridgehead atoms. The third-order valence-corrected chi connectivity index (χ3v) is 4.64. The Kier molecular flexibility index (Phi) is 5.38. The van der Waals surface area contributed by atoms with Crippen molar-refractivity contribution in [3.05, 3.63) is 102 Å². The predicted octanol–water partition coefficient (Wildman–Crippen LogP) is 5.19. The van der Waals surface area contributed by atoms with E-state index in [-0.39, 0.29) is 5.91 Å². The smallest absolute Gasteiger partial charge is 0.255 e. The van der Waals surface area contributed by atoms with Crippen molar-refractivity contribution < 1.29 is 13.9 Å². The Hall–Kier alpha value is -3.86. The van der Waals surface area contributed by atoms with Crippen molar-refractivity contribution in [2.45, 2.75) is 6.42 Å². The number of ether oxygens (including phenoxy) is 1. The van der Waals surface area contributed by atoms with E-state index in [2.05, 4.69) is 22.4 Å². The summed E-state index contributed by atoms with van der Waals surface area (Å²) in [6, 6.07) is 23.0. The molecule has 0 atom stereocenters. The molecule has 0 fully saturated rings. The number of anilines is 1. The molecule has 0 unspecified atom stereocenters. The number of benzene rings is 3. The Labute approximate surface area is 169 Å². The largest absolute Gasteiger partial charge is 0.496 e. The monoisotopic (exact) mass is 384 g/mol. The second-order valence-electron chi connectivity index (χ2n) is 6.59. The second kappa shape index (κ2) is 8.44. The maximum atomic E-state index is 12.7. The van der Waals surface area contributed by atoms with Gasteiger partial charge in [0.25, 0.3) is 5.91 Å². The van der Waals surface area contributed by atoms with Crippen LogP contribution < -0.4 is 10.1 Å². The fourth-order valence-corrected chi connectivity index (χ4v) is 3.16. The number of carbonyl (C=O) groups excluding carboxylic acids is 1. The molecule has 1 aromatic heterocycles. The summed E-state index contributed by atoms with van der Waals surface area (Å²) in [6.45, 7) is 0. The first kappa shape index (κ1) is 18.5. The first-order chi connectivity index (χ1) is 14.2. The van der Waals surface area contributed by atoms with Gasteiger partial charge in [-0.2, -0.15) is 0 Å². The molecule has 4 aromatic rings. The quantitative estimate of drug-likeness (QED) is 0.497. The average Bonchev–Trinajstić information content (AvgIpc) is 3.30. The molecule has 0 radical (unpaired) electrons.